The molecule has 2 atom stereocenters. The number of nitrogens with zero attached hydrogens (tertiary/aromatic N) is 1. The number of hydrogen-bond acceptors (Lipinski definition) is 3. The standard InChI is InChI=1S/C24H25F4NO2/c1-15-5-7-18-16(9-10-29-20(18)11-15)13-22(2,30)14-23(3,24(26,27)28)19-12-17(25)6-8-21(19)31-4/h5-12,30H,13-14H2,1-4H3. The van der Waals surface area contributed by atoms with E-state index in [4.69, 9.17) is 4.74 Å². The summed E-state index contributed by atoms with van der Waals surface area (Å²) in [5.41, 5.74) is -2.24. The number of hydrogen-bond donors (Lipinski definition) is 1. The molecule has 2 unspecified atom stereocenters. The lowest BCUT2D eigenvalue weighted by molar-refractivity contribution is -0.200. The van der Waals surface area contributed by atoms with Crippen LogP contribution in [-0.4, -0.2) is 29.0 Å². The van der Waals surface area contributed by atoms with E-state index < -0.39 is 29.4 Å². The Morgan fingerprint density at radius 3 is 2.39 bits per heavy atom. The summed E-state index contributed by atoms with van der Waals surface area (Å²) in [7, 11) is 1.23. The molecule has 2 aromatic carbocycles. The molecule has 0 bridgehead atoms. The van der Waals surface area contributed by atoms with Gasteiger partial charge in [-0.15, -0.1) is 0 Å². The third-order valence-corrected chi connectivity index (χ3v) is 5.68. The predicted molar refractivity (Wildman–Crippen MR) is 112 cm³/mol. The molecule has 166 valence electrons. The lowest BCUT2D eigenvalue weighted by atomic mass is 9.71. The van der Waals surface area contributed by atoms with Crippen LogP contribution in [0.25, 0.3) is 10.9 Å². The molecule has 0 amide bonds. The number of methoxy groups -OCH3 is 1. The first kappa shape index (κ1) is 23.0. The maximum atomic E-state index is 14.3. The molecule has 3 aromatic rings. The summed E-state index contributed by atoms with van der Waals surface area (Å²) in [5, 5.41) is 11.9. The van der Waals surface area contributed by atoms with Crippen molar-refractivity contribution in [3.05, 3.63) is 71.2 Å². The van der Waals surface area contributed by atoms with Crippen LogP contribution in [0.3, 0.4) is 0 Å². The topological polar surface area (TPSA) is 42.4 Å². The van der Waals surface area contributed by atoms with Crippen molar-refractivity contribution in [2.75, 3.05) is 7.11 Å². The van der Waals surface area contributed by atoms with Gasteiger partial charge in [-0.05, 0) is 68.7 Å². The van der Waals surface area contributed by atoms with Crippen LogP contribution in [0.5, 0.6) is 5.75 Å². The zero-order valence-electron chi connectivity index (χ0n) is 17.8. The van der Waals surface area contributed by atoms with Crippen LogP contribution < -0.4 is 4.74 Å². The van der Waals surface area contributed by atoms with E-state index in [1.807, 2.05) is 25.1 Å². The van der Waals surface area contributed by atoms with E-state index >= 15 is 0 Å². The van der Waals surface area contributed by atoms with Crippen molar-refractivity contribution in [1.82, 2.24) is 4.98 Å². The number of aromatic nitrogens is 1. The van der Waals surface area contributed by atoms with Crippen LogP contribution in [0.1, 0.15) is 37.0 Å². The van der Waals surface area contributed by atoms with Crippen LogP contribution in [0.4, 0.5) is 17.6 Å². The Labute approximate surface area is 178 Å². The van der Waals surface area contributed by atoms with E-state index in [1.54, 1.807) is 12.3 Å². The van der Waals surface area contributed by atoms with Gasteiger partial charge in [-0.25, -0.2) is 4.39 Å². The second-order valence-corrected chi connectivity index (χ2v) is 8.52. The molecule has 0 fully saturated rings. The fraction of sp³-hybridized carbons (Fsp3) is 0.375. The summed E-state index contributed by atoms with van der Waals surface area (Å²) < 4.78 is 61.9. The van der Waals surface area contributed by atoms with E-state index in [0.29, 0.717) is 11.1 Å². The van der Waals surface area contributed by atoms with Crippen molar-refractivity contribution in [3.8, 4) is 5.75 Å². The molecule has 0 saturated carbocycles. The number of halogens is 4. The van der Waals surface area contributed by atoms with Gasteiger partial charge in [0.2, 0.25) is 0 Å². The van der Waals surface area contributed by atoms with Crippen molar-refractivity contribution < 1.29 is 27.4 Å². The molecule has 0 radical (unpaired) electrons. The maximum absolute atomic E-state index is 14.3. The molecule has 0 aliphatic carbocycles. The maximum Gasteiger partial charge on any atom is 0.398 e. The zero-order chi connectivity index (χ0) is 23.0. The van der Waals surface area contributed by atoms with Gasteiger partial charge in [0.25, 0.3) is 0 Å². The van der Waals surface area contributed by atoms with Crippen LogP contribution in [0, 0.1) is 12.7 Å². The fourth-order valence-corrected chi connectivity index (χ4v) is 4.17. The van der Waals surface area contributed by atoms with Gasteiger partial charge < -0.3 is 9.84 Å². The molecule has 3 rings (SSSR count). The van der Waals surface area contributed by atoms with Gasteiger partial charge in [0.15, 0.2) is 0 Å². The van der Waals surface area contributed by atoms with Gasteiger partial charge in [0, 0.05) is 23.6 Å². The van der Waals surface area contributed by atoms with Crippen LogP contribution >= 0.6 is 0 Å². The first-order valence-electron chi connectivity index (χ1n) is 9.84. The number of benzene rings is 2. The van der Waals surface area contributed by atoms with Gasteiger partial charge in [0.1, 0.15) is 11.6 Å². The molecular weight excluding hydrogens is 410 g/mol. The molecule has 3 nitrogen and oxygen atoms in total. The molecule has 7 heteroatoms. The monoisotopic (exact) mass is 435 g/mol. The van der Waals surface area contributed by atoms with E-state index in [0.717, 1.165) is 30.0 Å². The lowest BCUT2D eigenvalue weighted by Crippen LogP contribution is -2.47. The largest absolute Gasteiger partial charge is 0.496 e. The number of aryl methyl sites for hydroxylation is 1. The lowest BCUT2D eigenvalue weighted by Gasteiger charge is -2.39. The fourth-order valence-electron chi connectivity index (χ4n) is 4.17. The second kappa shape index (κ2) is 8.11. The molecule has 31 heavy (non-hydrogen) atoms. The van der Waals surface area contributed by atoms with Crippen molar-refractivity contribution >= 4 is 10.9 Å². The third-order valence-electron chi connectivity index (χ3n) is 5.68. The highest BCUT2D eigenvalue weighted by Gasteiger charge is 2.56. The van der Waals surface area contributed by atoms with Crippen molar-refractivity contribution in [2.45, 2.75) is 50.8 Å². The SMILES string of the molecule is COc1ccc(F)cc1C(C)(CC(C)(O)Cc1ccnc2cc(C)ccc12)C(F)(F)F. The summed E-state index contributed by atoms with van der Waals surface area (Å²) in [6, 6.07) is 10.4. The van der Waals surface area contributed by atoms with E-state index in [2.05, 4.69) is 4.98 Å². The van der Waals surface area contributed by atoms with E-state index in [-0.39, 0.29) is 17.7 Å². The number of ether oxygens (including phenoxy) is 1. The van der Waals surface area contributed by atoms with Gasteiger partial charge in [0.05, 0.1) is 23.6 Å². The molecule has 0 saturated heterocycles. The minimum Gasteiger partial charge on any atom is -0.496 e. The molecule has 1 aromatic heterocycles. The number of fused-ring (bicyclic) bond motifs is 1. The van der Waals surface area contributed by atoms with Crippen molar-refractivity contribution in [3.63, 3.8) is 0 Å². The number of pyridine rings is 1. The minimum absolute atomic E-state index is 0.0294. The minimum atomic E-state index is -4.75. The van der Waals surface area contributed by atoms with Gasteiger partial charge in [-0.3, -0.25) is 4.98 Å². The highest BCUT2D eigenvalue weighted by molar-refractivity contribution is 5.82. The Hall–Kier alpha value is -2.67. The van der Waals surface area contributed by atoms with Crippen molar-refractivity contribution in [1.29, 1.82) is 0 Å². The quantitative estimate of drug-likeness (QED) is 0.491. The molecule has 1 N–H and O–H groups in total. The Bertz CT molecular complexity index is 1090. The van der Waals surface area contributed by atoms with Gasteiger partial charge in [-0.1, -0.05) is 12.1 Å². The smallest absolute Gasteiger partial charge is 0.398 e. The number of alkyl halides is 3. The van der Waals surface area contributed by atoms with Crippen molar-refractivity contribution in [2.24, 2.45) is 0 Å². The summed E-state index contributed by atoms with van der Waals surface area (Å²) in [6.07, 6.45) is -3.89. The normalized spacial score (nSPS) is 16.0. The first-order chi connectivity index (χ1) is 14.4. The number of rotatable bonds is 6. The number of aliphatic hydroxyl groups is 1. The molecule has 1 heterocycles. The van der Waals surface area contributed by atoms with Crippen LogP contribution in [-0.2, 0) is 11.8 Å². The summed E-state index contributed by atoms with van der Waals surface area (Å²) in [6.45, 7) is 4.25. The van der Waals surface area contributed by atoms with E-state index in [9.17, 15) is 22.7 Å². The van der Waals surface area contributed by atoms with Gasteiger partial charge >= 0.3 is 6.18 Å². The van der Waals surface area contributed by atoms with Gasteiger partial charge in [-0.2, -0.15) is 13.2 Å². The third kappa shape index (κ3) is 4.66. The summed E-state index contributed by atoms with van der Waals surface area (Å²) in [4.78, 5) is 4.31. The molecule has 0 aliphatic rings. The second-order valence-electron chi connectivity index (χ2n) is 8.52. The average Bonchev–Trinajstić information content (AvgIpc) is 2.66. The summed E-state index contributed by atoms with van der Waals surface area (Å²) >= 11 is 0. The highest BCUT2D eigenvalue weighted by atomic mass is 19.4. The Balaban J connectivity index is 2.04. The molecule has 0 aliphatic heterocycles. The Morgan fingerprint density at radius 1 is 1.03 bits per heavy atom. The Kier molecular flexibility index (Phi) is 6.02. The predicted octanol–water partition coefficient (Wildman–Crippen LogP) is 5.89. The summed E-state index contributed by atoms with van der Waals surface area (Å²) in [5.74, 6) is -0.886. The molecular formula is C24H25F4NO2. The zero-order valence-corrected chi connectivity index (χ0v) is 17.8. The Morgan fingerprint density at radius 2 is 1.74 bits per heavy atom. The average molecular weight is 435 g/mol. The highest BCUT2D eigenvalue weighted by Crippen LogP contribution is 2.49. The first-order valence-corrected chi connectivity index (χ1v) is 9.84. The molecule has 0 spiro atoms. The van der Waals surface area contributed by atoms with E-state index in [1.165, 1.54) is 20.1 Å². The van der Waals surface area contributed by atoms with Crippen LogP contribution in [0.15, 0.2) is 48.7 Å². The van der Waals surface area contributed by atoms with Crippen LogP contribution in [0.2, 0.25) is 0 Å².